The molecule has 0 spiro atoms. The molecule has 1 aromatic heterocycles. The minimum absolute atomic E-state index is 0.220. The first-order chi connectivity index (χ1) is 8.64. The van der Waals surface area contributed by atoms with Crippen LogP contribution < -0.4 is 5.73 Å². The standard InChI is InChI=1S/C15H26N2S/c1-4-15(11-16,13-7-8-13)17(12(2)3)10-14-6-5-9-18-14/h5-6,9,12-13H,4,7-8,10-11,16H2,1-3H3. The Morgan fingerprint density at radius 2 is 2.22 bits per heavy atom. The maximum absolute atomic E-state index is 6.19. The third kappa shape index (κ3) is 2.63. The molecule has 2 nitrogen and oxygen atoms in total. The molecule has 3 heteroatoms. The molecule has 1 aliphatic rings. The molecule has 0 amide bonds. The summed E-state index contributed by atoms with van der Waals surface area (Å²) in [5, 5.41) is 2.17. The summed E-state index contributed by atoms with van der Waals surface area (Å²) < 4.78 is 0. The molecule has 0 saturated heterocycles. The molecule has 1 unspecified atom stereocenters. The Morgan fingerprint density at radius 1 is 1.50 bits per heavy atom. The predicted molar refractivity (Wildman–Crippen MR) is 79.8 cm³/mol. The molecule has 1 heterocycles. The van der Waals surface area contributed by atoms with E-state index < -0.39 is 0 Å². The van der Waals surface area contributed by atoms with Gasteiger partial charge in [0, 0.05) is 29.5 Å². The molecule has 2 N–H and O–H groups in total. The minimum atomic E-state index is 0.220. The van der Waals surface area contributed by atoms with Crippen molar-refractivity contribution in [1.29, 1.82) is 0 Å². The van der Waals surface area contributed by atoms with Crippen LogP contribution in [-0.2, 0) is 6.54 Å². The average molecular weight is 266 g/mol. The van der Waals surface area contributed by atoms with E-state index in [0.717, 1.165) is 25.4 Å². The lowest BCUT2D eigenvalue weighted by molar-refractivity contribution is 0.0318. The Bertz CT molecular complexity index is 351. The topological polar surface area (TPSA) is 29.3 Å². The van der Waals surface area contributed by atoms with E-state index >= 15 is 0 Å². The van der Waals surface area contributed by atoms with E-state index in [1.165, 1.54) is 17.7 Å². The molecule has 18 heavy (non-hydrogen) atoms. The normalized spacial score (nSPS) is 19.4. The van der Waals surface area contributed by atoms with Gasteiger partial charge < -0.3 is 5.73 Å². The second kappa shape index (κ2) is 5.72. The lowest BCUT2D eigenvalue weighted by atomic mass is 9.86. The molecule has 1 saturated carbocycles. The van der Waals surface area contributed by atoms with Crippen LogP contribution in [-0.4, -0.2) is 23.0 Å². The molecular weight excluding hydrogens is 240 g/mol. The highest BCUT2D eigenvalue weighted by Crippen LogP contribution is 2.46. The highest BCUT2D eigenvalue weighted by molar-refractivity contribution is 7.09. The summed E-state index contributed by atoms with van der Waals surface area (Å²) in [6.07, 6.45) is 3.88. The maximum Gasteiger partial charge on any atom is 0.0363 e. The van der Waals surface area contributed by atoms with Gasteiger partial charge in [0.15, 0.2) is 0 Å². The van der Waals surface area contributed by atoms with Crippen LogP contribution >= 0.6 is 11.3 Å². The smallest absolute Gasteiger partial charge is 0.0363 e. The SMILES string of the molecule is CCC(CN)(C1CC1)N(Cc1cccs1)C(C)C. The Balaban J connectivity index is 2.21. The number of nitrogens with zero attached hydrogens (tertiary/aromatic N) is 1. The van der Waals surface area contributed by atoms with Crippen molar-refractivity contribution in [3.8, 4) is 0 Å². The van der Waals surface area contributed by atoms with E-state index in [0.29, 0.717) is 6.04 Å². The monoisotopic (exact) mass is 266 g/mol. The van der Waals surface area contributed by atoms with Crippen LogP contribution in [0.5, 0.6) is 0 Å². The van der Waals surface area contributed by atoms with Crippen LogP contribution in [0.25, 0.3) is 0 Å². The lowest BCUT2D eigenvalue weighted by Crippen LogP contribution is -2.57. The van der Waals surface area contributed by atoms with Gasteiger partial charge in [0.1, 0.15) is 0 Å². The first kappa shape index (κ1) is 14.0. The van der Waals surface area contributed by atoms with Gasteiger partial charge in [-0.25, -0.2) is 0 Å². The molecule has 2 rings (SSSR count). The first-order valence-corrected chi connectivity index (χ1v) is 8.01. The van der Waals surface area contributed by atoms with Crippen molar-refractivity contribution >= 4 is 11.3 Å². The van der Waals surface area contributed by atoms with Crippen molar-refractivity contribution in [2.75, 3.05) is 6.54 Å². The Hall–Kier alpha value is -0.380. The highest BCUT2D eigenvalue weighted by Gasteiger charge is 2.47. The van der Waals surface area contributed by atoms with E-state index in [9.17, 15) is 0 Å². The molecule has 1 atom stereocenters. The summed E-state index contributed by atoms with van der Waals surface area (Å²) in [4.78, 5) is 4.10. The second-order valence-corrected chi connectivity index (χ2v) is 6.77. The summed E-state index contributed by atoms with van der Waals surface area (Å²) in [7, 11) is 0. The van der Waals surface area contributed by atoms with Gasteiger partial charge in [-0.1, -0.05) is 13.0 Å². The van der Waals surface area contributed by atoms with Crippen LogP contribution in [0.1, 0.15) is 44.9 Å². The van der Waals surface area contributed by atoms with Crippen LogP contribution in [0.2, 0.25) is 0 Å². The maximum atomic E-state index is 6.19. The number of thiophene rings is 1. The zero-order valence-electron chi connectivity index (χ0n) is 11.9. The summed E-state index contributed by atoms with van der Waals surface area (Å²) in [5.74, 6) is 0.815. The van der Waals surface area contributed by atoms with E-state index in [1.54, 1.807) is 0 Å². The van der Waals surface area contributed by atoms with Crippen molar-refractivity contribution in [3.63, 3.8) is 0 Å². The van der Waals surface area contributed by atoms with Crippen molar-refractivity contribution in [2.24, 2.45) is 11.7 Å². The van der Waals surface area contributed by atoms with Gasteiger partial charge in [-0.15, -0.1) is 11.3 Å². The van der Waals surface area contributed by atoms with Gasteiger partial charge in [0.05, 0.1) is 0 Å². The number of nitrogens with two attached hydrogens (primary N) is 1. The van der Waals surface area contributed by atoms with Crippen molar-refractivity contribution in [1.82, 2.24) is 4.90 Å². The molecule has 0 bridgehead atoms. The summed E-state index contributed by atoms with van der Waals surface area (Å²) >= 11 is 1.86. The Kier molecular flexibility index (Phi) is 4.46. The van der Waals surface area contributed by atoms with E-state index in [2.05, 4.69) is 43.2 Å². The molecule has 0 aliphatic heterocycles. The fraction of sp³-hybridized carbons (Fsp3) is 0.733. The summed E-state index contributed by atoms with van der Waals surface area (Å²) in [6, 6.07) is 4.94. The molecular formula is C15H26N2S. The first-order valence-electron chi connectivity index (χ1n) is 7.13. The molecule has 1 fully saturated rings. The van der Waals surface area contributed by atoms with E-state index in [-0.39, 0.29) is 5.54 Å². The van der Waals surface area contributed by atoms with Gasteiger partial charge in [0.2, 0.25) is 0 Å². The highest BCUT2D eigenvalue weighted by atomic mass is 32.1. The van der Waals surface area contributed by atoms with Gasteiger partial charge in [0.25, 0.3) is 0 Å². The molecule has 1 aromatic rings. The fourth-order valence-electron chi connectivity index (χ4n) is 3.20. The number of rotatable bonds is 7. The second-order valence-electron chi connectivity index (χ2n) is 5.74. The Morgan fingerprint density at radius 3 is 2.61 bits per heavy atom. The van der Waals surface area contributed by atoms with Crippen LogP contribution in [0.3, 0.4) is 0 Å². The third-order valence-electron chi connectivity index (χ3n) is 4.40. The van der Waals surface area contributed by atoms with E-state index in [4.69, 9.17) is 5.73 Å². The number of hydrogen-bond donors (Lipinski definition) is 1. The Labute approximate surface area is 115 Å². The van der Waals surface area contributed by atoms with Gasteiger partial charge in [-0.2, -0.15) is 0 Å². The van der Waals surface area contributed by atoms with E-state index in [1.807, 2.05) is 11.3 Å². The van der Waals surface area contributed by atoms with Gasteiger partial charge in [-0.3, -0.25) is 4.90 Å². The van der Waals surface area contributed by atoms with Crippen LogP contribution in [0.15, 0.2) is 17.5 Å². The predicted octanol–water partition coefficient (Wildman–Crippen LogP) is 3.48. The largest absolute Gasteiger partial charge is 0.329 e. The van der Waals surface area contributed by atoms with Crippen molar-refractivity contribution in [3.05, 3.63) is 22.4 Å². The van der Waals surface area contributed by atoms with Crippen molar-refractivity contribution < 1.29 is 0 Å². The summed E-state index contributed by atoms with van der Waals surface area (Å²) in [5.41, 5.74) is 6.41. The molecule has 0 aromatic carbocycles. The fourth-order valence-corrected chi connectivity index (χ4v) is 3.90. The average Bonchev–Trinajstić information content (AvgIpc) is 3.08. The molecule has 1 aliphatic carbocycles. The zero-order chi connectivity index (χ0) is 13.2. The number of hydrogen-bond acceptors (Lipinski definition) is 3. The van der Waals surface area contributed by atoms with Crippen LogP contribution in [0.4, 0.5) is 0 Å². The van der Waals surface area contributed by atoms with Crippen molar-refractivity contribution in [2.45, 2.75) is 58.2 Å². The lowest BCUT2D eigenvalue weighted by Gasteiger charge is -2.46. The third-order valence-corrected chi connectivity index (χ3v) is 5.27. The summed E-state index contributed by atoms with van der Waals surface area (Å²) in [6.45, 7) is 8.75. The van der Waals surface area contributed by atoms with Gasteiger partial charge in [-0.05, 0) is 50.5 Å². The van der Waals surface area contributed by atoms with Crippen LogP contribution in [0, 0.1) is 5.92 Å². The molecule has 0 radical (unpaired) electrons. The minimum Gasteiger partial charge on any atom is -0.329 e. The quantitative estimate of drug-likeness (QED) is 0.818. The zero-order valence-corrected chi connectivity index (χ0v) is 12.7. The molecule has 102 valence electrons. The van der Waals surface area contributed by atoms with Gasteiger partial charge >= 0.3 is 0 Å².